The molecular weight excluding hydrogens is 316 g/mol. The van der Waals surface area contributed by atoms with Gasteiger partial charge in [0, 0.05) is 13.2 Å². The summed E-state index contributed by atoms with van der Waals surface area (Å²) in [6.07, 6.45) is -0.145. The van der Waals surface area contributed by atoms with Crippen LogP contribution in [0.2, 0.25) is 0 Å². The number of esters is 1. The van der Waals surface area contributed by atoms with Crippen LogP contribution in [0.15, 0.2) is 39.5 Å². The highest BCUT2D eigenvalue weighted by molar-refractivity contribution is 5.71. The highest BCUT2D eigenvalue weighted by Crippen LogP contribution is 2.34. The first kappa shape index (κ1) is 17.6. The van der Waals surface area contributed by atoms with Gasteiger partial charge in [0.25, 0.3) is 0 Å². The molecule has 0 fully saturated rings. The Bertz CT molecular complexity index is 761. The molecule has 0 amide bonds. The van der Waals surface area contributed by atoms with Crippen molar-refractivity contribution < 1.29 is 28.9 Å². The molecule has 1 heterocycles. The van der Waals surface area contributed by atoms with E-state index in [1.54, 1.807) is 12.1 Å². The number of carbonyl (C=O) groups excluding carboxylic acids is 1. The predicted molar refractivity (Wildman–Crippen MR) is 83.9 cm³/mol. The molecule has 1 aromatic carbocycles. The van der Waals surface area contributed by atoms with Crippen LogP contribution in [-0.4, -0.2) is 30.4 Å². The van der Waals surface area contributed by atoms with Crippen molar-refractivity contribution in [2.75, 3.05) is 14.2 Å². The van der Waals surface area contributed by atoms with Crippen molar-refractivity contribution >= 4 is 5.97 Å². The van der Waals surface area contributed by atoms with Gasteiger partial charge in [-0.2, -0.15) is 0 Å². The van der Waals surface area contributed by atoms with Crippen molar-refractivity contribution in [3.8, 4) is 11.5 Å². The number of benzene rings is 1. The van der Waals surface area contributed by atoms with Gasteiger partial charge in [0.05, 0.1) is 19.4 Å². The molecule has 2 rings (SSSR count). The zero-order valence-corrected chi connectivity index (χ0v) is 13.3. The quantitative estimate of drug-likeness (QED) is 0.777. The van der Waals surface area contributed by atoms with E-state index in [0.717, 1.165) is 6.07 Å². The van der Waals surface area contributed by atoms with Gasteiger partial charge >= 0.3 is 5.97 Å². The lowest BCUT2D eigenvalue weighted by Crippen LogP contribution is -2.14. The Balaban J connectivity index is 2.56. The average Bonchev–Trinajstić information content (AvgIpc) is 2.57. The van der Waals surface area contributed by atoms with Crippen LogP contribution in [0.5, 0.6) is 11.5 Å². The molecule has 24 heavy (non-hydrogen) atoms. The van der Waals surface area contributed by atoms with Gasteiger partial charge in [-0.3, -0.25) is 9.59 Å². The van der Waals surface area contributed by atoms with Gasteiger partial charge in [-0.1, -0.05) is 12.1 Å². The molecule has 0 radical (unpaired) electrons. The summed E-state index contributed by atoms with van der Waals surface area (Å²) in [5, 5.41) is 19.5. The van der Waals surface area contributed by atoms with Crippen molar-refractivity contribution in [2.24, 2.45) is 0 Å². The molecule has 0 bridgehead atoms. The third-order valence-electron chi connectivity index (χ3n) is 3.50. The van der Waals surface area contributed by atoms with Crippen molar-refractivity contribution in [2.45, 2.75) is 18.9 Å². The first-order valence-electron chi connectivity index (χ1n) is 7.16. The predicted octanol–water partition coefficient (Wildman–Crippen LogP) is 1.89. The number of rotatable bonds is 6. The van der Waals surface area contributed by atoms with E-state index in [1.165, 1.54) is 26.4 Å². The number of methoxy groups -OCH3 is 2. The molecule has 0 spiro atoms. The van der Waals surface area contributed by atoms with E-state index < -0.39 is 23.1 Å². The molecule has 0 aliphatic heterocycles. The van der Waals surface area contributed by atoms with E-state index in [-0.39, 0.29) is 30.3 Å². The van der Waals surface area contributed by atoms with E-state index in [2.05, 4.69) is 4.74 Å². The van der Waals surface area contributed by atoms with Crippen LogP contribution in [-0.2, 0) is 20.9 Å². The van der Waals surface area contributed by atoms with E-state index in [4.69, 9.17) is 9.15 Å². The standard InChI is InChI=1S/C17H18O7/c1-22-9-12-7-14(19)16(21)17(24-12)13(8-15(20)23-2)10-3-5-11(18)6-4-10/h3-7,13,18,21H,8-9H2,1-2H3. The molecule has 0 aliphatic carbocycles. The van der Waals surface area contributed by atoms with Crippen LogP contribution >= 0.6 is 0 Å². The second-order valence-electron chi connectivity index (χ2n) is 5.15. The Hall–Kier alpha value is -2.80. The number of phenolic OH excluding ortho intramolecular Hbond substituents is 1. The first-order valence-corrected chi connectivity index (χ1v) is 7.16. The van der Waals surface area contributed by atoms with E-state index >= 15 is 0 Å². The van der Waals surface area contributed by atoms with Crippen molar-refractivity contribution in [1.29, 1.82) is 0 Å². The molecule has 0 saturated carbocycles. The summed E-state index contributed by atoms with van der Waals surface area (Å²) in [6, 6.07) is 7.16. The van der Waals surface area contributed by atoms with Crippen molar-refractivity contribution in [3.63, 3.8) is 0 Å². The molecule has 7 heteroatoms. The summed E-state index contributed by atoms with van der Waals surface area (Å²) in [7, 11) is 2.69. The smallest absolute Gasteiger partial charge is 0.306 e. The summed E-state index contributed by atoms with van der Waals surface area (Å²) >= 11 is 0. The molecule has 1 aromatic heterocycles. The van der Waals surface area contributed by atoms with Crippen LogP contribution in [0.3, 0.4) is 0 Å². The Kier molecular flexibility index (Phi) is 5.59. The lowest BCUT2D eigenvalue weighted by Gasteiger charge is -2.17. The van der Waals surface area contributed by atoms with Crippen LogP contribution in [0, 0.1) is 0 Å². The number of hydrogen-bond acceptors (Lipinski definition) is 7. The minimum Gasteiger partial charge on any atom is -0.508 e. The second-order valence-corrected chi connectivity index (χ2v) is 5.15. The summed E-state index contributed by atoms with van der Waals surface area (Å²) in [5.41, 5.74) is -0.0526. The Labute approximate surface area is 138 Å². The lowest BCUT2D eigenvalue weighted by molar-refractivity contribution is -0.140. The molecule has 2 aromatic rings. The molecule has 0 saturated heterocycles. The van der Waals surface area contributed by atoms with Gasteiger partial charge in [0.15, 0.2) is 5.76 Å². The fraction of sp³-hybridized carbons (Fsp3) is 0.294. The maximum Gasteiger partial charge on any atom is 0.306 e. The van der Waals surface area contributed by atoms with E-state index in [0.29, 0.717) is 5.56 Å². The molecule has 0 aliphatic rings. The third kappa shape index (κ3) is 3.94. The number of aromatic hydroxyl groups is 2. The van der Waals surface area contributed by atoms with E-state index in [9.17, 15) is 19.8 Å². The Morgan fingerprint density at radius 2 is 1.88 bits per heavy atom. The fourth-order valence-electron chi connectivity index (χ4n) is 2.32. The summed E-state index contributed by atoms with van der Waals surface area (Å²) in [6.45, 7) is 0.0447. The highest BCUT2D eigenvalue weighted by atomic mass is 16.5. The lowest BCUT2D eigenvalue weighted by atomic mass is 9.92. The van der Waals surface area contributed by atoms with Crippen LogP contribution < -0.4 is 5.43 Å². The van der Waals surface area contributed by atoms with Gasteiger partial charge < -0.3 is 24.1 Å². The van der Waals surface area contributed by atoms with Gasteiger partial charge in [-0.15, -0.1) is 0 Å². The summed E-state index contributed by atoms with van der Waals surface area (Å²) in [5.74, 6) is -1.63. The Morgan fingerprint density at radius 1 is 1.21 bits per heavy atom. The largest absolute Gasteiger partial charge is 0.508 e. The minimum atomic E-state index is -0.748. The molecule has 2 N–H and O–H groups in total. The van der Waals surface area contributed by atoms with Gasteiger partial charge in [-0.05, 0) is 17.7 Å². The minimum absolute atomic E-state index is 0.0447. The summed E-state index contributed by atoms with van der Waals surface area (Å²) in [4.78, 5) is 23.7. The van der Waals surface area contributed by atoms with Crippen molar-refractivity contribution in [1.82, 2.24) is 0 Å². The average molecular weight is 334 g/mol. The summed E-state index contributed by atoms with van der Waals surface area (Å²) < 4.78 is 15.2. The number of phenols is 1. The van der Waals surface area contributed by atoms with Gasteiger partial charge in [0.2, 0.25) is 11.2 Å². The van der Waals surface area contributed by atoms with Gasteiger partial charge in [0.1, 0.15) is 18.1 Å². The zero-order valence-electron chi connectivity index (χ0n) is 13.3. The molecular formula is C17H18O7. The fourth-order valence-corrected chi connectivity index (χ4v) is 2.32. The topological polar surface area (TPSA) is 106 Å². The highest BCUT2D eigenvalue weighted by Gasteiger charge is 2.26. The number of ether oxygens (including phenoxy) is 2. The maximum atomic E-state index is 12.0. The molecule has 1 atom stereocenters. The first-order chi connectivity index (χ1) is 11.5. The Morgan fingerprint density at radius 3 is 2.46 bits per heavy atom. The normalized spacial score (nSPS) is 11.9. The monoisotopic (exact) mass is 334 g/mol. The number of carbonyl (C=O) groups is 1. The van der Waals surface area contributed by atoms with Crippen molar-refractivity contribution in [3.05, 3.63) is 57.6 Å². The number of hydrogen-bond donors (Lipinski definition) is 2. The van der Waals surface area contributed by atoms with Crippen LogP contribution in [0.4, 0.5) is 0 Å². The third-order valence-corrected chi connectivity index (χ3v) is 3.50. The van der Waals surface area contributed by atoms with Crippen LogP contribution in [0.1, 0.15) is 29.4 Å². The maximum absolute atomic E-state index is 12.0. The molecule has 7 nitrogen and oxygen atoms in total. The molecule has 1 unspecified atom stereocenters. The molecule has 128 valence electrons. The van der Waals surface area contributed by atoms with Gasteiger partial charge in [-0.25, -0.2) is 0 Å². The second kappa shape index (κ2) is 7.65. The zero-order chi connectivity index (χ0) is 17.7. The van der Waals surface area contributed by atoms with E-state index in [1.807, 2.05) is 0 Å². The van der Waals surface area contributed by atoms with Crippen LogP contribution in [0.25, 0.3) is 0 Å². The SMILES string of the molecule is COCc1cc(=O)c(O)c(C(CC(=O)OC)c2ccc(O)cc2)o1.